The number of ether oxygens (including phenoxy) is 2. The summed E-state index contributed by atoms with van der Waals surface area (Å²) in [7, 11) is 0. The summed E-state index contributed by atoms with van der Waals surface area (Å²) in [6.45, 7) is 8.83. The van der Waals surface area contributed by atoms with Gasteiger partial charge in [0.15, 0.2) is 0 Å². The Kier molecular flexibility index (Phi) is 5.35. The molecule has 0 spiro atoms. The first-order valence-electron chi connectivity index (χ1n) is 11.5. The van der Waals surface area contributed by atoms with Gasteiger partial charge < -0.3 is 18.9 Å². The molecular weight excluding hydrogens is 416 g/mol. The molecule has 1 aromatic carbocycles. The van der Waals surface area contributed by atoms with Gasteiger partial charge in [-0.25, -0.2) is 14.8 Å². The highest BCUT2D eigenvalue weighted by atomic mass is 16.6. The summed E-state index contributed by atoms with van der Waals surface area (Å²) < 4.78 is 14.2. The van der Waals surface area contributed by atoms with Crippen LogP contribution in [0.5, 0.6) is 5.75 Å². The molecule has 3 aromatic rings. The topological polar surface area (TPSA) is 69.5 Å². The molecule has 0 fully saturated rings. The number of allylic oxidation sites excluding steroid dienone is 1. The van der Waals surface area contributed by atoms with Crippen molar-refractivity contribution in [2.24, 2.45) is 0 Å². The number of nitrogens with zero attached hydrogens (tertiary/aromatic N) is 4. The zero-order chi connectivity index (χ0) is 23.2. The Morgan fingerprint density at radius 3 is 2.82 bits per heavy atom. The van der Waals surface area contributed by atoms with E-state index in [1.807, 2.05) is 39.8 Å². The lowest BCUT2D eigenvalue weighted by atomic mass is 9.99. The molecule has 0 saturated carbocycles. The molecule has 172 valence electrons. The van der Waals surface area contributed by atoms with Gasteiger partial charge in [0.1, 0.15) is 29.4 Å². The third-order valence-electron chi connectivity index (χ3n) is 6.25. The van der Waals surface area contributed by atoms with Crippen LogP contribution in [0.15, 0.2) is 48.9 Å². The lowest BCUT2D eigenvalue weighted by Gasteiger charge is -2.32. The van der Waals surface area contributed by atoms with Gasteiger partial charge in [0, 0.05) is 30.1 Å². The van der Waals surface area contributed by atoms with Crippen LogP contribution in [-0.4, -0.2) is 43.8 Å². The van der Waals surface area contributed by atoms with Crippen LogP contribution in [0.3, 0.4) is 0 Å². The Labute approximate surface area is 194 Å². The molecule has 1 amide bonds. The fourth-order valence-electron chi connectivity index (χ4n) is 4.61. The van der Waals surface area contributed by atoms with Gasteiger partial charge in [-0.05, 0) is 57.9 Å². The molecule has 0 N–H and O–H groups in total. The predicted molar refractivity (Wildman–Crippen MR) is 126 cm³/mol. The summed E-state index contributed by atoms with van der Waals surface area (Å²) in [5.74, 6) is 0.839. The average molecular weight is 447 g/mol. The van der Waals surface area contributed by atoms with Gasteiger partial charge in [-0.15, -0.1) is 0 Å². The Hall–Kier alpha value is -3.35. The Balaban J connectivity index is 1.31. The maximum Gasteiger partial charge on any atom is 0.410 e. The Morgan fingerprint density at radius 2 is 2.00 bits per heavy atom. The van der Waals surface area contributed by atoms with Crippen LogP contribution in [0, 0.1) is 6.92 Å². The smallest absolute Gasteiger partial charge is 0.410 e. The van der Waals surface area contributed by atoms with Crippen LogP contribution in [0.4, 0.5) is 4.79 Å². The van der Waals surface area contributed by atoms with Gasteiger partial charge in [-0.2, -0.15) is 0 Å². The first-order chi connectivity index (χ1) is 15.8. The third-order valence-corrected chi connectivity index (χ3v) is 6.25. The highest BCUT2D eigenvalue weighted by Crippen LogP contribution is 2.34. The van der Waals surface area contributed by atoms with Crippen LogP contribution in [0.25, 0.3) is 11.0 Å². The van der Waals surface area contributed by atoms with Crippen LogP contribution in [0.1, 0.15) is 50.1 Å². The predicted octanol–water partition coefficient (Wildman–Crippen LogP) is 4.98. The van der Waals surface area contributed by atoms with E-state index in [1.54, 1.807) is 11.2 Å². The number of benzene rings is 1. The number of hydrogen-bond donors (Lipinski definition) is 0. The zero-order valence-corrected chi connectivity index (χ0v) is 19.6. The highest BCUT2D eigenvalue weighted by molar-refractivity contribution is 5.78. The van der Waals surface area contributed by atoms with Crippen molar-refractivity contribution < 1.29 is 14.3 Å². The number of rotatable bonds is 3. The SMILES string of the molecule is Cc1ncnc2c1ccn2[C@H]1C=C[C@@H](Oc2cccc3c2CN(C(=O)OC(C)(C)C)CC3)C1. The zero-order valence-electron chi connectivity index (χ0n) is 19.6. The van der Waals surface area contributed by atoms with Crippen molar-refractivity contribution >= 4 is 17.1 Å². The quantitative estimate of drug-likeness (QED) is 0.531. The van der Waals surface area contributed by atoms with E-state index in [1.165, 1.54) is 5.56 Å². The summed E-state index contributed by atoms with van der Waals surface area (Å²) in [6.07, 6.45) is 9.30. The summed E-state index contributed by atoms with van der Waals surface area (Å²) in [6, 6.07) is 8.41. The minimum atomic E-state index is -0.511. The van der Waals surface area contributed by atoms with Crippen LogP contribution >= 0.6 is 0 Å². The largest absolute Gasteiger partial charge is 0.486 e. The molecule has 0 unspecified atom stereocenters. The number of aryl methyl sites for hydroxylation is 1. The minimum absolute atomic E-state index is 0.0428. The normalized spacial score (nSPS) is 20.2. The van der Waals surface area contributed by atoms with Crippen molar-refractivity contribution in [3.63, 3.8) is 0 Å². The van der Waals surface area contributed by atoms with Crippen molar-refractivity contribution in [2.75, 3.05) is 6.54 Å². The maximum absolute atomic E-state index is 12.6. The number of hydrogen-bond acceptors (Lipinski definition) is 5. The van der Waals surface area contributed by atoms with Gasteiger partial charge in [0.2, 0.25) is 0 Å². The molecule has 33 heavy (non-hydrogen) atoms. The lowest BCUT2D eigenvalue weighted by Crippen LogP contribution is -2.40. The number of aromatic nitrogens is 3. The van der Waals surface area contributed by atoms with Gasteiger partial charge in [0.25, 0.3) is 0 Å². The number of amides is 1. The van der Waals surface area contributed by atoms with Crippen molar-refractivity contribution in [1.82, 2.24) is 19.4 Å². The molecule has 7 nitrogen and oxygen atoms in total. The molecule has 5 rings (SSSR count). The van der Waals surface area contributed by atoms with Crippen LogP contribution in [-0.2, 0) is 17.7 Å². The second-order valence-corrected chi connectivity index (χ2v) is 9.81. The van der Waals surface area contributed by atoms with Crippen molar-refractivity contribution in [3.05, 3.63) is 65.8 Å². The molecule has 2 aromatic heterocycles. The summed E-state index contributed by atoms with van der Waals surface area (Å²) in [5.41, 5.74) is 3.72. The average Bonchev–Trinajstić information content (AvgIpc) is 3.40. The molecule has 3 heterocycles. The number of carbonyl (C=O) groups excluding carboxylic acids is 1. The van der Waals surface area contributed by atoms with Crippen molar-refractivity contribution in [2.45, 2.75) is 64.8 Å². The molecule has 0 radical (unpaired) electrons. The van der Waals surface area contributed by atoms with Crippen LogP contribution in [0.2, 0.25) is 0 Å². The second kappa shape index (κ2) is 8.21. The molecule has 2 atom stereocenters. The van der Waals surface area contributed by atoms with E-state index >= 15 is 0 Å². The molecule has 1 aliphatic heterocycles. The minimum Gasteiger partial charge on any atom is -0.486 e. The first-order valence-corrected chi connectivity index (χ1v) is 11.5. The molecule has 0 bridgehead atoms. The van der Waals surface area contributed by atoms with E-state index < -0.39 is 5.60 Å². The Bertz CT molecular complexity index is 1220. The fourth-order valence-corrected chi connectivity index (χ4v) is 4.61. The number of carbonyl (C=O) groups is 1. The maximum atomic E-state index is 12.6. The van der Waals surface area contributed by atoms with E-state index in [0.29, 0.717) is 13.1 Å². The molecule has 7 heteroatoms. The second-order valence-electron chi connectivity index (χ2n) is 9.81. The summed E-state index contributed by atoms with van der Waals surface area (Å²) >= 11 is 0. The van der Waals surface area contributed by atoms with Crippen LogP contribution < -0.4 is 4.74 Å². The Morgan fingerprint density at radius 1 is 1.15 bits per heavy atom. The van der Waals surface area contributed by atoms with E-state index in [2.05, 4.69) is 45.0 Å². The van der Waals surface area contributed by atoms with Gasteiger partial charge in [0.05, 0.1) is 18.3 Å². The third kappa shape index (κ3) is 4.32. The van der Waals surface area contributed by atoms with Gasteiger partial charge in [-0.1, -0.05) is 18.2 Å². The fraction of sp³-hybridized carbons (Fsp3) is 0.423. The standard InChI is InChI=1S/C26H30N4O3/c1-17-21-11-13-30(24(21)28-16-27-17)19-8-9-20(14-19)32-23-7-5-6-18-10-12-29(15-22(18)23)25(31)33-26(2,3)4/h5-9,11,13,16,19-20H,10,12,14-15H2,1-4H3/t19-,20+/m0/s1. The van der Waals surface area contributed by atoms with Crippen molar-refractivity contribution in [3.8, 4) is 5.75 Å². The first kappa shape index (κ1) is 21.5. The highest BCUT2D eigenvalue weighted by Gasteiger charge is 2.29. The number of fused-ring (bicyclic) bond motifs is 2. The lowest BCUT2D eigenvalue weighted by molar-refractivity contribution is 0.0222. The summed E-state index contributed by atoms with van der Waals surface area (Å²) in [4.78, 5) is 23.2. The van der Waals surface area contributed by atoms with Gasteiger partial charge >= 0.3 is 6.09 Å². The summed E-state index contributed by atoms with van der Waals surface area (Å²) in [5, 5.41) is 1.08. The molecule has 2 aliphatic rings. The molecular formula is C26H30N4O3. The monoisotopic (exact) mass is 446 g/mol. The van der Waals surface area contributed by atoms with E-state index in [-0.39, 0.29) is 18.2 Å². The molecule has 1 aliphatic carbocycles. The van der Waals surface area contributed by atoms with Crippen molar-refractivity contribution in [1.29, 1.82) is 0 Å². The van der Waals surface area contributed by atoms with Gasteiger partial charge in [-0.3, -0.25) is 0 Å². The van der Waals surface area contributed by atoms with E-state index in [9.17, 15) is 4.79 Å². The van der Waals surface area contributed by atoms with E-state index in [4.69, 9.17) is 9.47 Å². The van der Waals surface area contributed by atoms with E-state index in [0.717, 1.165) is 40.9 Å². The molecule has 0 saturated heterocycles.